The molecule has 7 heteroatoms. The first-order valence-electron chi connectivity index (χ1n) is 9.56. The highest BCUT2D eigenvalue weighted by molar-refractivity contribution is 5.95. The molecule has 1 fully saturated rings. The summed E-state index contributed by atoms with van der Waals surface area (Å²) in [4.78, 5) is 12.8. The molecule has 6 nitrogen and oxygen atoms in total. The van der Waals surface area contributed by atoms with Crippen LogP contribution >= 0.6 is 12.4 Å². The lowest BCUT2D eigenvalue weighted by Gasteiger charge is -2.30. The minimum Gasteiger partial charge on any atom is -0.493 e. The van der Waals surface area contributed by atoms with Crippen LogP contribution in [-0.4, -0.2) is 39.3 Å². The lowest BCUT2D eigenvalue weighted by molar-refractivity contribution is 0.0913. The molecule has 1 amide bonds. The molecule has 1 aliphatic rings. The fourth-order valence-electron chi connectivity index (χ4n) is 3.36. The minimum atomic E-state index is -0.134. The molecule has 2 N–H and O–H groups in total. The van der Waals surface area contributed by atoms with Crippen molar-refractivity contribution in [2.75, 3.05) is 27.3 Å². The highest BCUT2D eigenvalue weighted by Gasteiger charge is 2.24. The number of carbonyl (C=O) groups is 1. The molecular weight excluding hydrogens is 392 g/mol. The van der Waals surface area contributed by atoms with Crippen molar-refractivity contribution in [1.29, 1.82) is 0 Å². The maximum absolute atomic E-state index is 12.8. The zero-order valence-electron chi connectivity index (χ0n) is 17.1. The smallest absolute Gasteiger partial charge is 0.251 e. The van der Waals surface area contributed by atoms with E-state index >= 15 is 0 Å². The van der Waals surface area contributed by atoms with Gasteiger partial charge in [-0.25, -0.2) is 0 Å². The molecule has 29 heavy (non-hydrogen) atoms. The van der Waals surface area contributed by atoms with Crippen molar-refractivity contribution in [2.24, 2.45) is 5.92 Å². The molecule has 1 saturated heterocycles. The Morgan fingerprint density at radius 3 is 2.38 bits per heavy atom. The molecule has 0 saturated carbocycles. The van der Waals surface area contributed by atoms with Crippen LogP contribution in [-0.2, 0) is 6.61 Å². The first kappa shape index (κ1) is 22.8. The van der Waals surface area contributed by atoms with Crippen LogP contribution in [0.4, 0.5) is 0 Å². The predicted molar refractivity (Wildman–Crippen MR) is 115 cm³/mol. The van der Waals surface area contributed by atoms with Gasteiger partial charge in [-0.2, -0.15) is 0 Å². The van der Waals surface area contributed by atoms with Crippen molar-refractivity contribution < 1.29 is 19.0 Å². The van der Waals surface area contributed by atoms with E-state index in [2.05, 4.69) is 17.6 Å². The van der Waals surface area contributed by atoms with Gasteiger partial charge in [-0.1, -0.05) is 37.3 Å². The van der Waals surface area contributed by atoms with Gasteiger partial charge in [-0.3, -0.25) is 4.79 Å². The summed E-state index contributed by atoms with van der Waals surface area (Å²) in [5.74, 6) is 1.68. The molecule has 1 heterocycles. The van der Waals surface area contributed by atoms with Crippen LogP contribution in [0.3, 0.4) is 0 Å². The number of methoxy groups -OCH3 is 2. The Hall–Kier alpha value is -2.44. The Balaban J connectivity index is 0.00000300. The first-order chi connectivity index (χ1) is 13.6. The van der Waals surface area contributed by atoms with Crippen LogP contribution in [0.5, 0.6) is 17.2 Å². The number of ether oxygens (including phenoxy) is 3. The molecule has 0 aliphatic carbocycles. The van der Waals surface area contributed by atoms with Gasteiger partial charge in [-0.05, 0) is 43.1 Å². The second kappa shape index (κ2) is 10.9. The van der Waals surface area contributed by atoms with Gasteiger partial charge in [0, 0.05) is 11.6 Å². The third kappa shape index (κ3) is 5.78. The Bertz CT molecular complexity index is 776. The van der Waals surface area contributed by atoms with Crippen LogP contribution < -0.4 is 24.8 Å². The molecule has 3 rings (SSSR count). The second-order valence-electron chi connectivity index (χ2n) is 7.03. The minimum absolute atomic E-state index is 0. The van der Waals surface area contributed by atoms with Crippen molar-refractivity contribution >= 4 is 18.3 Å². The Kier molecular flexibility index (Phi) is 8.61. The zero-order chi connectivity index (χ0) is 19.9. The van der Waals surface area contributed by atoms with E-state index in [1.807, 2.05) is 30.3 Å². The molecule has 0 radical (unpaired) electrons. The molecule has 2 aromatic carbocycles. The van der Waals surface area contributed by atoms with Crippen LogP contribution in [0.25, 0.3) is 0 Å². The number of nitrogens with one attached hydrogen (secondary N) is 2. The van der Waals surface area contributed by atoms with Crippen LogP contribution in [0, 0.1) is 5.92 Å². The highest BCUT2D eigenvalue weighted by atomic mass is 35.5. The Morgan fingerprint density at radius 1 is 1.14 bits per heavy atom. The van der Waals surface area contributed by atoms with Gasteiger partial charge in [0.1, 0.15) is 6.61 Å². The predicted octanol–water partition coefficient (Wildman–Crippen LogP) is 3.43. The normalized spacial score (nSPS) is 18.3. The van der Waals surface area contributed by atoms with Gasteiger partial charge < -0.3 is 24.8 Å². The topological polar surface area (TPSA) is 68.8 Å². The number of carbonyl (C=O) groups excluding carboxylic acids is 1. The van der Waals surface area contributed by atoms with Crippen molar-refractivity contribution in [3.63, 3.8) is 0 Å². The number of hydrogen-bond donors (Lipinski definition) is 2. The zero-order valence-corrected chi connectivity index (χ0v) is 17.9. The van der Waals surface area contributed by atoms with E-state index < -0.39 is 0 Å². The van der Waals surface area contributed by atoms with Crippen molar-refractivity contribution in [1.82, 2.24) is 10.6 Å². The average molecular weight is 421 g/mol. The number of hydrogen-bond acceptors (Lipinski definition) is 5. The van der Waals surface area contributed by atoms with E-state index in [1.54, 1.807) is 26.4 Å². The molecule has 1 aliphatic heterocycles. The summed E-state index contributed by atoms with van der Waals surface area (Å²) in [7, 11) is 3.11. The highest BCUT2D eigenvalue weighted by Crippen LogP contribution is 2.39. The SMILES string of the molecule is COc1cc(C(=O)NC2CCNCC2C)cc(OC)c1OCc1ccccc1.Cl. The van der Waals surface area contributed by atoms with Gasteiger partial charge in [0.15, 0.2) is 11.5 Å². The lowest BCUT2D eigenvalue weighted by atomic mass is 9.95. The molecular formula is C22H29ClN2O4. The quantitative estimate of drug-likeness (QED) is 0.718. The van der Waals surface area contributed by atoms with E-state index in [0.717, 1.165) is 25.1 Å². The monoisotopic (exact) mass is 420 g/mol. The molecule has 2 atom stereocenters. The van der Waals surface area contributed by atoms with Gasteiger partial charge >= 0.3 is 0 Å². The maximum Gasteiger partial charge on any atom is 0.251 e. The largest absolute Gasteiger partial charge is 0.493 e. The molecule has 0 spiro atoms. The summed E-state index contributed by atoms with van der Waals surface area (Å²) >= 11 is 0. The molecule has 0 aromatic heterocycles. The van der Waals surface area contributed by atoms with Gasteiger partial charge in [0.05, 0.1) is 14.2 Å². The van der Waals surface area contributed by atoms with Gasteiger partial charge in [0.2, 0.25) is 5.75 Å². The van der Waals surface area contributed by atoms with Crippen LogP contribution in [0.2, 0.25) is 0 Å². The number of piperidine rings is 1. The molecule has 2 aromatic rings. The summed E-state index contributed by atoms with van der Waals surface area (Å²) in [6, 6.07) is 13.4. The van der Waals surface area contributed by atoms with E-state index in [0.29, 0.717) is 35.3 Å². The summed E-state index contributed by atoms with van der Waals surface area (Å²) in [5.41, 5.74) is 1.53. The number of amides is 1. The third-order valence-corrected chi connectivity index (χ3v) is 5.05. The fraction of sp³-hybridized carbons (Fsp3) is 0.409. The average Bonchev–Trinajstić information content (AvgIpc) is 2.73. The number of rotatable bonds is 7. The Morgan fingerprint density at radius 2 is 1.79 bits per heavy atom. The lowest BCUT2D eigenvalue weighted by Crippen LogP contribution is -2.48. The van der Waals surface area contributed by atoms with E-state index in [1.165, 1.54) is 0 Å². The van der Waals surface area contributed by atoms with Crippen molar-refractivity contribution in [2.45, 2.75) is 26.0 Å². The van der Waals surface area contributed by atoms with Crippen molar-refractivity contribution in [3.8, 4) is 17.2 Å². The van der Waals surface area contributed by atoms with Crippen LogP contribution in [0.15, 0.2) is 42.5 Å². The summed E-state index contributed by atoms with van der Waals surface area (Å²) in [6.07, 6.45) is 0.916. The summed E-state index contributed by atoms with van der Waals surface area (Å²) < 4.78 is 16.9. The third-order valence-electron chi connectivity index (χ3n) is 5.05. The van der Waals surface area contributed by atoms with E-state index in [4.69, 9.17) is 14.2 Å². The van der Waals surface area contributed by atoms with Gasteiger partial charge in [0.25, 0.3) is 5.91 Å². The summed E-state index contributed by atoms with van der Waals surface area (Å²) in [6.45, 7) is 4.34. The van der Waals surface area contributed by atoms with Crippen molar-refractivity contribution in [3.05, 3.63) is 53.6 Å². The molecule has 158 valence electrons. The number of benzene rings is 2. The maximum atomic E-state index is 12.8. The second-order valence-corrected chi connectivity index (χ2v) is 7.03. The molecule has 0 bridgehead atoms. The van der Waals surface area contributed by atoms with E-state index in [9.17, 15) is 4.79 Å². The summed E-state index contributed by atoms with van der Waals surface area (Å²) in [5, 5.41) is 6.48. The number of halogens is 1. The van der Waals surface area contributed by atoms with Gasteiger partial charge in [-0.15, -0.1) is 12.4 Å². The fourth-order valence-corrected chi connectivity index (χ4v) is 3.36. The first-order valence-corrected chi connectivity index (χ1v) is 9.56. The standard InChI is InChI=1S/C22H28N2O4.ClH/c1-15-13-23-10-9-18(15)24-22(25)17-11-19(26-2)21(20(12-17)27-3)28-14-16-7-5-4-6-8-16;/h4-8,11-12,15,18,23H,9-10,13-14H2,1-3H3,(H,24,25);1H. The van der Waals surface area contributed by atoms with Crippen LogP contribution in [0.1, 0.15) is 29.3 Å². The molecule has 2 unspecified atom stereocenters. The van der Waals surface area contributed by atoms with E-state index in [-0.39, 0.29) is 24.4 Å². The Labute approximate surface area is 178 Å².